The summed E-state index contributed by atoms with van der Waals surface area (Å²) in [6.45, 7) is 2.02. The largest absolute Gasteiger partial charge is 0.481 e. The maximum Gasteiger partial charge on any atom is 0.312 e. The maximum atomic E-state index is 11.2. The Morgan fingerprint density at radius 1 is 1.52 bits per heavy atom. The number of aryl methyl sites for hydroxylation is 1. The van der Waals surface area contributed by atoms with Crippen molar-refractivity contribution in [2.24, 2.45) is 0 Å². The van der Waals surface area contributed by atoms with Crippen LogP contribution in [0.5, 0.6) is 0 Å². The molecule has 110 valence electrons. The van der Waals surface area contributed by atoms with Crippen molar-refractivity contribution in [1.82, 2.24) is 4.98 Å². The number of hydrogen-bond acceptors (Lipinski definition) is 4. The molecule has 0 fully saturated rings. The highest BCUT2D eigenvalue weighted by Gasteiger charge is 2.32. The molecule has 0 spiro atoms. The van der Waals surface area contributed by atoms with Crippen LogP contribution in [0.25, 0.3) is 0 Å². The van der Waals surface area contributed by atoms with Crippen LogP contribution in [-0.4, -0.2) is 16.1 Å². The molecule has 1 aromatic heterocycles. The van der Waals surface area contributed by atoms with Crippen molar-refractivity contribution in [3.05, 3.63) is 45.4 Å². The summed E-state index contributed by atoms with van der Waals surface area (Å²) in [5, 5.41) is 14.0. The smallest absolute Gasteiger partial charge is 0.312 e. The summed E-state index contributed by atoms with van der Waals surface area (Å²) in [5.41, 5.74) is 1.73. The number of anilines is 1. The zero-order valence-corrected chi connectivity index (χ0v) is 13.0. The lowest BCUT2D eigenvalue weighted by Gasteiger charge is -2.14. The van der Waals surface area contributed by atoms with Gasteiger partial charge in [-0.15, -0.1) is 11.3 Å². The summed E-state index contributed by atoms with van der Waals surface area (Å²) in [7, 11) is 0. The first-order chi connectivity index (χ1) is 10.1. The van der Waals surface area contributed by atoms with E-state index < -0.39 is 11.9 Å². The van der Waals surface area contributed by atoms with Crippen molar-refractivity contribution >= 4 is 34.0 Å². The van der Waals surface area contributed by atoms with Crippen LogP contribution in [0.1, 0.15) is 41.4 Å². The molecule has 2 N–H and O–H groups in total. The Kier molecular flexibility index (Phi) is 3.87. The van der Waals surface area contributed by atoms with Crippen LogP contribution in [0.2, 0.25) is 5.02 Å². The van der Waals surface area contributed by atoms with Gasteiger partial charge in [0.2, 0.25) is 0 Å². The molecule has 2 atom stereocenters. The zero-order chi connectivity index (χ0) is 15.0. The van der Waals surface area contributed by atoms with E-state index in [1.54, 1.807) is 11.3 Å². The van der Waals surface area contributed by atoms with Gasteiger partial charge in [0, 0.05) is 9.90 Å². The number of aromatic nitrogens is 1. The van der Waals surface area contributed by atoms with Gasteiger partial charge in [-0.05, 0) is 31.4 Å². The van der Waals surface area contributed by atoms with Gasteiger partial charge in [0.1, 0.15) is 5.92 Å². The van der Waals surface area contributed by atoms with Gasteiger partial charge >= 0.3 is 5.97 Å². The van der Waals surface area contributed by atoms with Crippen molar-refractivity contribution in [2.45, 2.75) is 31.7 Å². The van der Waals surface area contributed by atoms with Crippen molar-refractivity contribution in [1.29, 1.82) is 0 Å². The molecule has 4 nitrogen and oxygen atoms in total. The van der Waals surface area contributed by atoms with E-state index >= 15 is 0 Å². The minimum absolute atomic E-state index is 0.0215. The number of carbonyl (C=O) groups is 1. The lowest BCUT2D eigenvalue weighted by atomic mass is 10.1. The molecule has 0 aliphatic heterocycles. The van der Waals surface area contributed by atoms with E-state index in [9.17, 15) is 9.90 Å². The second-order valence-electron chi connectivity index (χ2n) is 5.14. The third-order valence-electron chi connectivity index (χ3n) is 3.73. The Morgan fingerprint density at radius 2 is 2.29 bits per heavy atom. The molecule has 0 saturated heterocycles. The quantitative estimate of drug-likeness (QED) is 0.890. The Hall–Kier alpha value is -1.59. The molecule has 1 heterocycles. The summed E-state index contributed by atoms with van der Waals surface area (Å²) < 4.78 is 0. The SMILES string of the molecule is CC(Nc1nc2c(s1)CCC2C(=O)O)c1ccccc1Cl. The van der Waals surface area contributed by atoms with Crippen molar-refractivity contribution < 1.29 is 9.90 Å². The highest BCUT2D eigenvalue weighted by molar-refractivity contribution is 7.15. The van der Waals surface area contributed by atoms with Crippen LogP contribution in [0.4, 0.5) is 5.13 Å². The molecular weight excluding hydrogens is 308 g/mol. The Bertz CT molecular complexity index is 686. The molecule has 0 bridgehead atoms. The monoisotopic (exact) mass is 322 g/mol. The summed E-state index contributed by atoms with van der Waals surface area (Å²) in [6, 6.07) is 7.70. The van der Waals surface area contributed by atoms with Crippen LogP contribution in [0.15, 0.2) is 24.3 Å². The van der Waals surface area contributed by atoms with Crippen LogP contribution < -0.4 is 5.32 Å². The number of halogens is 1. The predicted molar refractivity (Wildman–Crippen MR) is 84.3 cm³/mol. The van der Waals surface area contributed by atoms with Gasteiger partial charge < -0.3 is 10.4 Å². The number of carboxylic acids is 1. The number of carboxylic acid groups (broad SMARTS) is 1. The zero-order valence-electron chi connectivity index (χ0n) is 11.5. The molecule has 1 aromatic carbocycles. The number of hydrogen-bond donors (Lipinski definition) is 2. The fourth-order valence-electron chi connectivity index (χ4n) is 2.62. The third kappa shape index (κ3) is 2.76. The maximum absolute atomic E-state index is 11.2. The van der Waals surface area contributed by atoms with Gasteiger partial charge in [-0.25, -0.2) is 4.98 Å². The molecular formula is C15H15ClN2O2S. The minimum Gasteiger partial charge on any atom is -0.481 e. The van der Waals surface area contributed by atoms with E-state index in [-0.39, 0.29) is 6.04 Å². The number of nitrogens with one attached hydrogen (secondary N) is 1. The van der Waals surface area contributed by atoms with E-state index in [0.717, 1.165) is 27.7 Å². The summed E-state index contributed by atoms with van der Waals surface area (Å²) >= 11 is 7.73. The fraction of sp³-hybridized carbons (Fsp3) is 0.333. The van der Waals surface area contributed by atoms with Crippen LogP contribution in [0.3, 0.4) is 0 Å². The molecule has 0 radical (unpaired) electrons. The van der Waals surface area contributed by atoms with E-state index in [1.807, 2.05) is 31.2 Å². The van der Waals surface area contributed by atoms with Gasteiger partial charge in [-0.2, -0.15) is 0 Å². The summed E-state index contributed by atoms with van der Waals surface area (Å²) in [4.78, 5) is 16.7. The Morgan fingerprint density at radius 3 is 3.00 bits per heavy atom. The van der Waals surface area contributed by atoms with E-state index in [0.29, 0.717) is 11.4 Å². The summed E-state index contributed by atoms with van der Waals surface area (Å²) in [6.07, 6.45) is 1.45. The number of aliphatic carboxylic acids is 1. The van der Waals surface area contributed by atoms with Crippen LogP contribution in [0, 0.1) is 0 Å². The molecule has 1 aliphatic carbocycles. The molecule has 3 rings (SSSR count). The average molecular weight is 323 g/mol. The molecule has 21 heavy (non-hydrogen) atoms. The second-order valence-corrected chi connectivity index (χ2v) is 6.64. The second kappa shape index (κ2) is 5.66. The predicted octanol–water partition coefficient (Wildman–Crippen LogP) is 4.08. The van der Waals surface area contributed by atoms with Crippen molar-refractivity contribution in [2.75, 3.05) is 5.32 Å². The molecule has 0 saturated carbocycles. The number of thiazole rings is 1. The van der Waals surface area contributed by atoms with Gasteiger partial charge in [-0.1, -0.05) is 29.8 Å². The van der Waals surface area contributed by atoms with Crippen LogP contribution in [-0.2, 0) is 11.2 Å². The lowest BCUT2D eigenvalue weighted by molar-refractivity contribution is -0.138. The van der Waals surface area contributed by atoms with E-state index in [1.165, 1.54) is 0 Å². The number of fused-ring (bicyclic) bond motifs is 1. The van der Waals surface area contributed by atoms with Gasteiger partial charge in [-0.3, -0.25) is 4.79 Å². The van der Waals surface area contributed by atoms with Crippen LogP contribution >= 0.6 is 22.9 Å². The van der Waals surface area contributed by atoms with Gasteiger partial charge in [0.15, 0.2) is 5.13 Å². The fourth-order valence-corrected chi connectivity index (χ4v) is 4.04. The molecule has 1 aliphatic rings. The van der Waals surface area contributed by atoms with E-state index in [4.69, 9.17) is 11.6 Å². The van der Waals surface area contributed by atoms with Crippen molar-refractivity contribution in [3.8, 4) is 0 Å². The molecule has 2 aromatic rings. The highest BCUT2D eigenvalue weighted by Crippen LogP contribution is 2.39. The molecule has 2 unspecified atom stereocenters. The first-order valence-electron chi connectivity index (χ1n) is 6.79. The third-order valence-corrected chi connectivity index (χ3v) is 5.13. The van der Waals surface area contributed by atoms with E-state index in [2.05, 4.69) is 10.3 Å². The molecule has 0 amide bonds. The number of nitrogens with zero attached hydrogens (tertiary/aromatic N) is 1. The normalized spacial score (nSPS) is 18.3. The minimum atomic E-state index is -0.787. The molecule has 6 heteroatoms. The number of rotatable bonds is 4. The highest BCUT2D eigenvalue weighted by atomic mass is 35.5. The van der Waals surface area contributed by atoms with Gasteiger partial charge in [0.05, 0.1) is 11.7 Å². The average Bonchev–Trinajstić information content (AvgIpc) is 2.98. The lowest BCUT2D eigenvalue weighted by Crippen LogP contribution is -2.10. The standard InChI is InChI=1S/C15H15ClN2O2S/c1-8(9-4-2-3-5-11(9)16)17-15-18-13-10(14(19)20)6-7-12(13)21-15/h2-5,8,10H,6-7H2,1H3,(H,17,18)(H,19,20). The summed E-state index contributed by atoms with van der Waals surface area (Å²) in [5.74, 6) is -1.24. The number of benzene rings is 1. The Labute approximate surface area is 131 Å². The van der Waals surface area contributed by atoms with Crippen molar-refractivity contribution in [3.63, 3.8) is 0 Å². The van der Waals surface area contributed by atoms with Gasteiger partial charge in [0.25, 0.3) is 0 Å². The first-order valence-corrected chi connectivity index (χ1v) is 7.99. The Balaban J connectivity index is 1.79. The first kappa shape index (κ1) is 14.4. The topological polar surface area (TPSA) is 62.2 Å².